The predicted molar refractivity (Wildman–Crippen MR) is 34.8 cm³/mol. The van der Waals surface area contributed by atoms with Crippen molar-refractivity contribution in [3.05, 3.63) is 12.3 Å². The van der Waals surface area contributed by atoms with E-state index in [0.717, 1.165) is 6.54 Å². The first-order valence-corrected chi connectivity index (χ1v) is 2.92. The summed E-state index contributed by atoms with van der Waals surface area (Å²) in [6.45, 7) is 1.34. The summed E-state index contributed by atoms with van der Waals surface area (Å²) in [6.07, 6.45) is 3.61. The molecule has 9 heavy (non-hydrogen) atoms. The first kappa shape index (κ1) is 6.29. The van der Waals surface area contributed by atoms with Gasteiger partial charge in [0.2, 0.25) is 5.91 Å². The zero-order valence-corrected chi connectivity index (χ0v) is 5.42. The Kier molecular flexibility index (Phi) is 1.85. The number of rotatable bonds is 0. The molecule has 1 aliphatic rings. The maximum Gasteiger partial charge on any atom is 0.238 e. The van der Waals surface area contributed by atoms with Gasteiger partial charge in [0.05, 0.1) is 6.54 Å². The van der Waals surface area contributed by atoms with Crippen molar-refractivity contribution in [3.63, 3.8) is 0 Å². The summed E-state index contributed by atoms with van der Waals surface area (Å²) in [5, 5.41) is 2.61. The van der Waals surface area contributed by atoms with E-state index in [1.165, 1.54) is 0 Å². The van der Waals surface area contributed by atoms with Crippen LogP contribution in [-0.4, -0.2) is 30.9 Å². The number of hydrogen-bond acceptors (Lipinski definition) is 2. The molecule has 50 valence electrons. The molecule has 3 nitrogen and oxygen atoms in total. The summed E-state index contributed by atoms with van der Waals surface area (Å²) < 4.78 is 0. The first-order valence-electron chi connectivity index (χ1n) is 2.92. The highest BCUT2D eigenvalue weighted by molar-refractivity contribution is 5.79. The van der Waals surface area contributed by atoms with E-state index in [1.54, 1.807) is 6.20 Å². The van der Waals surface area contributed by atoms with Gasteiger partial charge >= 0.3 is 0 Å². The lowest BCUT2D eigenvalue weighted by molar-refractivity contribution is -0.120. The number of nitrogens with zero attached hydrogens (tertiary/aromatic N) is 1. The fourth-order valence-electron chi connectivity index (χ4n) is 0.740. The number of nitrogens with one attached hydrogen (secondary N) is 1. The van der Waals surface area contributed by atoms with Crippen molar-refractivity contribution in [3.8, 4) is 0 Å². The maximum atomic E-state index is 10.7. The molecule has 0 bridgehead atoms. The molecule has 0 atom stereocenters. The molecule has 0 unspecified atom stereocenters. The van der Waals surface area contributed by atoms with E-state index in [0.29, 0.717) is 6.54 Å². The fraction of sp³-hybridized carbons (Fsp3) is 0.500. The summed E-state index contributed by atoms with van der Waals surface area (Å²) in [5.41, 5.74) is 0. The molecule has 0 fully saturated rings. The predicted octanol–water partition coefficient (Wildman–Crippen LogP) is -0.438. The highest BCUT2D eigenvalue weighted by atomic mass is 16.1. The van der Waals surface area contributed by atoms with Gasteiger partial charge in [-0.15, -0.1) is 0 Å². The average Bonchev–Trinajstić information content (AvgIpc) is 1.93. The number of hydrogen-bond donors (Lipinski definition) is 1. The molecular formula is C6H10N2O. The average molecular weight is 126 g/mol. The lowest BCUT2D eigenvalue weighted by Gasteiger charge is -2.08. The van der Waals surface area contributed by atoms with Crippen LogP contribution in [-0.2, 0) is 4.79 Å². The van der Waals surface area contributed by atoms with Gasteiger partial charge < -0.3 is 5.32 Å². The van der Waals surface area contributed by atoms with Crippen molar-refractivity contribution >= 4 is 5.91 Å². The smallest absolute Gasteiger partial charge is 0.238 e. The molecule has 0 aromatic heterocycles. The molecule has 1 amide bonds. The van der Waals surface area contributed by atoms with Crippen molar-refractivity contribution < 1.29 is 4.79 Å². The van der Waals surface area contributed by atoms with Crippen LogP contribution in [0.1, 0.15) is 0 Å². The van der Waals surface area contributed by atoms with Crippen LogP contribution in [0.3, 0.4) is 0 Å². The van der Waals surface area contributed by atoms with Gasteiger partial charge in [-0.25, -0.2) is 0 Å². The molecule has 0 radical (unpaired) electrons. The summed E-state index contributed by atoms with van der Waals surface area (Å²) in [4.78, 5) is 12.6. The van der Waals surface area contributed by atoms with Crippen LogP contribution in [0.15, 0.2) is 12.3 Å². The highest BCUT2D eigenvalue weighted by Gasteiger charge is 2.04. The molecule has 1 rings (SSSR count). The molecular weight excluding hydrogens is 116 g/mol. The minimum atomic E-state index is 0.0613. The second-order valence-corrected chi connectivity index (χ2v) is 2.17. The van der Waals surface area contributed by atoms with Crippen molar-refractivity contribution in [1.29, 1.82) is 0 Å². The van der Waals surface area contributed by atoms with Gasteiger partial charge in [0.15, 0.2) is 0 Å². The van der Waals surface area contributed by atoms with Crippen molar-refractivity contribution in [2.75, 3.05) is 20.1 Å². The zero-order chi connectivity index (χ0) is 6.69. The number of carbonyl (C=O) groups is 1. The molecule has 0 spiro atoms. The third-order valence-electron chi connectivity index (χ3n) is 1.19. The molecule has 3 heteroatoms. The number of carbonyl (C=O) groups excluding carboxylic acids is 1. The Morgan fingerprint density at radius 2 is 2.56 bits per heavy atom. The Bertz CT molecular complexity index is 142. The van der Waals surface area contributed by atoms with Crippen LogP contribution >= 0.6 is 0 Å². The minimum absolute atomic E-state index is 0.0613. The number of amides is 1. The largest absolute Gasteiger partial charge is 0.332 e. The molecule has 0 aromatic rings. The second kappa shape index (κ2) is 2.64. The molecule has 0 saturated carbocycles. The summed E-state index contributed by atoms with van der Waals surface area (Å²) in [5.74, 6) is 0.0613. The normalized spacial score (nSPS) is 21.2. The summed E-state index contributed by atoms with van der Waals surface area (Å²) >= 11 is 0. The molecule has 0 aromatic carbocycles. The van der Waals surface area contributed by atoms with Crippen LogP contribution in [0.4, 0.5) is 0 Å². The minimum Gasteiger partial charge on any atom is -0.332 e. The van der Waals surface area contributed by atoms with Crippen LogP contribution in [0.5, 0.6) is 0 Å². The van der Waals surface area contributed by atoms with E-state index in [9.17, 15) is 4.79 Å². The molecule has 0 aliphatic carbocycles. The Hall–Kier alpha value is -0.830. The third-order valence-corrected chi connectivity index (χ3v) is 1.19. The third kappa shape index (κ3) is 1.85. The first-order chi connectivity index (χ1) is 4.29. The Morgan fingerprint density at radius 3 is 3.33 bits per heavy atom. The summed E-state index contributed by atoms with van der Waals surface area (Å²) in [7, 11) is 1.91. The van der Waals surface area contributed by atoms with Gasteiger partial charge in [-0.05, 0) is 7.05 Å². The fourth-order valence-corrected chi connectivity index (χ4v) is 0.740. The Labute approximate surface area is 54.3 Å². The quantitative estimate of drug-likeness (QED) is 0.477. The van der Waals surface area contributed by atoms with Crippen molar-refractivity contribution in [2.45, 2.75) is 0 Å². The van der Waals surface area contributed by atoms with Crippen molar-refractivity contribution in [1.82, 2.24) is 10.2 Å². The molecule has 1 N–H and O–H groups in total. The lowest BCUT2D eigenvalue weighted by Crippen LogP contribution is -2.29. The second-order valence-electron chi connectivity index (χ2n) is 2.17. The molecule has 1 aliphatic heterocycles. The van der Waals surface area contributed by atoms with Crippen LogP contribution in [0, 0.1) is 0 Å². The van der Waals surface area contributed by atoms with E-state index < -0.39 is 0 Å². The van der Waals surface area contributed by atoms with E-state index >= 15 is 0 Å². The van der Waals surface area contributed by atoms with Crippen molar-refractivity contribution in [2.24, 2.45) is 0 Å². The summed E-state index contributed by atoms with van der Waals surface area (Å²) in [6, 6.07) is 0. The van der Waals surface area contributed by atoms with Gasteiger partial charge in [-0.3, -0.25) is 9.69 Å². The van der Waals surface area contributed by atoms with E-state index in [2.05, 4.69) is 5.32 Å². The topological polar surface area (TPSA) is 32.3 Å². The van der Waals surface area contributed by atoms with Gasteiger partial charge in [-0.2, -0.15) is 0 Å². The SMILES string of the molecule is CN1CC=CNC(=O)C1. The highest BCUT2D eigenvalue weighted by Crippen LogP contribution is 1.86. The van der Waals surface area contributed by atoms with Crippen LogP contribution in [0.25, 0.3) is 0 Å². The maximum absolute atomic E-state index is 10.7. The van der Waals surface area contributed by atoms with Gasteiger partial charge in [0.1, 0.15) is 0 Å². The zero-order valence-electron chi connectivity index (χ0n) is 5.42. The Morgan fingerprint density at radius 1 is 1.78 bits per heavy atom. The molecule has 0 saturated heterocycles. The van der Waals surface area contributed by atoms with E-state index in [-0.39, 0.29) is 5.91 Å². The van der Waals surface area contributed by atoms with Gasteiger partial charge in [0, 0.05) is 12.7 Å². The number of likely N-dealkylation sites (N-methyl/N-ethyl adjacent to an activating group) is 1. The Balaban J connectivity index is 2.50. The standard InChI is InChI=1S/C6H10N2O/c1-8-4-2-3-7-6(9)5-8/h2-3H,4-5H2,1H3,(H,7,9). The lowest BCUT2D eigenvalue weighted by atomic mass is 10.5. The van der Waals surface area contributed by atoms with Crippen LogP contribution < -0.4 is 5.32 Å². The van der Waals surface area contributed by atoms with E-state index in [4.69, 9.17) is 0 Å². The van der Waals surface area contributed by atoms with Gasteiger partial charge in [-0.1, -0.05) is 6.08 Å². The molecule has 1 heterocycles. The van der Waals surface area contributed by atoms with Gasteiger partial charge in [0.25, 0.3) is 0 Å². The monoisotopic (exact) mass is 126 g/mol. The van der Waals surface area contributed by atoms with E-state index in [1.807, 2.05) is 18.0 Å². The van der Waals surface area contributed by atoms with Crippen LogP contribution in [0.2, 0.25) is 0 Å².